The van der Waals surface area contributed by atoms with E-state index in [9.17, 15) is 0 Å². The molecule has 1 heterocycles. The van der Waals surface area contributed by atoms with Crippen LogP contribution < -0.4 is 11.1 Å². The first kappa shape index (κ1) is 10.9. The molecule has 0 spiro atoms. The highest BCUT2D eigenvalue weighted by Crippen LogP contribution is 2.19. The summed E-state index contributed by atoms with van der Waals surface area (Å²) >= 11 is 0. The van der Waals surface area contributed by atoms with Crippen molar-refractivity contribution in [3.8, 4) is 0 Å². The number of aromatic nitrogens is 2. The molecule has 86 valence electrons. The highest BCUT2D eigenvalue weighted by atomic mass is 15.2. The minimum atomic E-state index is 0.459. The van der Waals surface area contributed by atoms with Crippen LogP contribution in [0.4, 0.5) is 11.6 Å². The molecule has 0 atom stereocenters. The first-order valence-electron chi connectivity index (χ1n) is 5.85. The van der Waals surface area contributed by atoms with Crippen molar-refractivity contribution in [3.05, 3.63) is 23.8 Å². The lowest BCUT2D eigenvalue weighted by Gasteiger charge is -2.12. The predicted octanol–water partition coefficient (Wildman–Crippen LogP) is 2.36. The number of allylic oxidation sites excluding steroid dienone is 1. The van der Waals surface area contributed by atoms with Crippen LogP contribution in [-0.2, 0) is 0 Å². The van der Waals surface area contributed by atoms with Gasteiger partial charge < -0.3 is 11.1 Å². The average molecular weight is 218 g/mol. The van der Waals surface area contributed by atoms with E-state index in [0.29, 0.717) is 5.82 Å². The zero-order valence-electron chi connectivity index (χ0n) is 9.45. The third-order valence-corrected chi connectivity index (χ3v) is 2.82. The topological polar surface area (TPSA) is 63.8 Å². The molecule has 0 aliphatic heterocycles. The molecule has 4 nitrogen and oxygen atoms in total. The van der Waals surface area contributed by atoms with Gasteiger partial charge in [0.15, 0.2) is 0 Å². The Bertz CT molecular complexity index is 356. The number of anilines is 2. The molecule has 0 saturated heterocycles. The van der Waals surface area contributed by atoms with Gasteiger partial charge in [-0.1, -0.05) is 11.6 Å². The highest BCUT2D eigenvalue weighted by molar-refractivity contribution is 5.38. The summed E-state index contributed by atoms with van der Waals surface area (Å²) in [5, 5.41) is 11.0. The van der Waals surface area contributed by atoms with Gasteiger partial charge in [0.05, 0.1) is 0 Å². The summed E-state index contributed by atoms with van der Waals surface area (Å²) in [4.78, 5) is 0. The van der Waals surface area contributed by atoms with Crippen molar-refractivity contribution in [1.82, 2.24) is 10.2 Å². The monoisotopic (exact) mass is 218 g/mol. The van der Waals surface area contributed by atoms with Crippen molar-refractivity contribution >= 4 is 11.6 Å². The number of nitrogens with one attached hydrogen (secondary N) is 1. The van der Waals surface area contributed by atoms with Gasteiger partial charge in [-0.15, -0.1) is 10.2 Å². The van der Waals surface area contributed by atoms with Gasteiger partial charge in [-0.3, -0.25) is 0 Å². The highest BCUT2D eigenvalue weighted by Gasteiger charge is 2.03. The van der Waals surface area contributed by atoms with Crippen molar-refractivity contribution in [2.45, 2.75) is 32.1 Å². The second kappa shape index (κ2) is 5.49. The molecule has 0 radical (unpaired) electrons. The van der Waals surface area contributed by atoms with Gasteiger partial charge in [0.1, 0.15) is 11.6 Å². The number of hydrogen-bond acceptors (Lipinski definition) is 4. The molecule has 1 aromatic heterocycles. The third-order valence-electron chi connectivity index (χ3n) is 2.82. The number of rotatable bonds is 4. The van der Waals surface area contributed by atoms with Gasteiger partial charge in [-0.25, -0.2) is 0 Å². The summed E-state index contributed by atoms with van der Waals surface area (Å²) in [6.07, 6.45) is 8.67. The second-order valence-corrected chi connectivity index (χ2v) is 4.13. The molecule has 4 heteroatoms. The molecule has 1 aliphatic rings. The van der Waals surface area contributed by atoms with Gasteiger partial charge in [-0.2, -0.15) is 0 Å². The van der Waals surface area contributed by atoms with E-state index >= 15 is 0 Å². The third kappa shape index (κ3) is 3.22. The van der Waals surface area contributed by atoms with E-state index in [1.807, 2.05) is 6.07 Å². The molecule has 3 N–H and O–H groups in total. The molecule has 1 aliphatic carbocycles. The van der Waals surface area contributed by atoms with Crippen molar-refractivity contribution in [3.63, 3.8) is 0 Å². The second-order valence-electron chi connectivity index (χ2n) is 4.13. The summed E-state index contributed by atoms with van der Waals surface area (Å²) < 4.78 is 0. The molecular weight excluding hydrogens is 200 g/mol. The first-order chi connectivity index (χ1) is 7.84. The van der Waals surface area contributed by atoms with Gasteiger partial charge in [0.2, 0.25) is 0 Å². The molecule has 2 rings (SSSR count). The molecule has 0 aromatic carbocycles. The molecule has 0 saturated carbocycles. The van der Waals surface area contributed by atoms with E-state index in [2.05, 4.69) is 21.6 Å². The van der Waals surface area contributed by atoms with E-state index in [4.69, 9.17) is 5.73 Å². The fraction of sp³-hybridized carbons (Fsp3) is 0.500. The molecular formula is C12H18N4. The maximum absolute atomic E-state index is 5.46. The molecule has 16 heavy (non-hydrogen) atoms. The lowest BCUT2D eigenvalue weighted by atomic mass is 9.97. The fourth-order valence-electron chi connectivity index (χ4n) is 1.92. The minimum Gasteiger partial charge on any atom is -0.382 e. The average Bonchev–Trinajstić information content (AvgIpc) is 2.33. The van der Waals surface area contributed by atoms with Crippen molar-refractivity contribution in [2.75, 3.05) is 17.6 Å². The number of nitrogen functional groups attached to an aromatic ring is 1. The zero-order chi connectivity index (χ0) is 11.2. The van der Waals surface area contributed by atoms with Crippen LogP contribution in [0.2, 0.25) is 0 Å². The van der Waals surface area contributed by atoms with Crippen LogP contribution in [0.15, 0.2) is 23.8 Å². The van der Waals surface area contributed by atoms with Crippen LogP contribution in [0.25, 0.3) is 0 Å². The molecule has 0 unspecified atom stereocenters. The SMILES string of the molecule is Nc1ccc(NCCC2=CCCCC2)nn1. The fourth-order valence-corrected chi connectivity index (χ4v) is 1.92. The van der Waals surface area contributed by atoms with E-state index in [1.54, 1.807) is 11.6 Å². The van der Waals surface area contributed by atoms with E-state index in [-0.39, 0.29) is 0 Å². The summed E-state index contributed by atoms with van der Waals surface area (Å²) in [5.74, 6) is 1.26. The summed E-state index contributed by atoms with van der Waals surface area (Å²) in [7, 11) is 0. The Morgan fingerprint density at radius 3 is 2.88 bits per heavy atom. The Morgan fingerprint density at radius 1 is 1.25 bits per heavy atom. The lowest BCUT2D eigenvalue weighted by molar-refractivity contribution is 0.679. The molecule has 0 amide bonds. The van der Waals surface area contributed by atoms with E-state index < -0.39 is 0 Å². The number of nitrogens with zero attached hydrogens (tertiary/aromatic N) is 2. The maximum atomic E-state index is 5.46. The first-order valence-corrected chi connectivity index (χ1v) is 5.85. The lowest BCUT2D eigenvalue weighted by Crippen LogP contribution is -2.06. The van der Waals surface area contributed by atoms with Gasteiger partial charge >= 0.3 is 0 Å². The Kier molecular flexibility index (Phi) is 3.75. The van der Waals surface area contributed by atoms with E-state index in [1.165, 1.54) is 25.7 Å². The normalized spacial score (nSPS) is 15.6. The number of hydrogen-bond donors (Lipinski definition) is 2. The van der Waals surface area contributed by atoms with Crippen LogP contribution >= 0.6 is 0 Å². The Hall–Kier alpha value is -1.58. The van der Waals surface area contributed by atoms with Crippen LogP contribution in [0, 0.1) is 0 Å². The summed E-state index contributed by atoms with van der Waals surface area (Å²) in [6, 6.07) is 3.62. The van der Waals surface area contributed by atoms with Gasteiger partial charge in [0.25, 0.3) is 0 Å². The smallest absolute Gasteiger partial charge is 0.148 e. The Balaban J connectivity index is 1.75. The van der Waals surface area contributed by atoms with Crippen molar-refractivity contribution in [2.24, 2.45) is 0 Å². The minimum absolute atomic E-state index is 0.459. The summed E-state index contributed by atoms with van der Waals surface area (Å²) in [5.41, 5.74) is 7.03. The largest absolute Gasteiger partial charge is 0.382 e. The van der Waals surface area contributed by atoms with Crippen LogP contribution in [-0.4, -0.2) is 16.7 Å². The molecule has 0 bridgehead atoms. The van der Waals surface area contributed by atoms with Crippen LogP contribution in [0.5, 0.6) is 0 Å². The summed E-state index contributed by atoms with van der Waals surface area (Å²) in [6.45, 7) is 0.921. The quantitative estimate of drug-likeness (QED) is 0.761. The molecule has 0 fully saturated rings. The van der Waals surface area contributed by atoms with Crippen LogP contribution in [0.3, 0.4) is 0 Å². The standard InChI is InChI=1S/C12H18N4/c13-11-6-7-12(16-15-11)14-9-8-10-4-2-1-3-5-10/h4,6-7H,1-3,5,8-9H2,(H2,13,15)(H,14,16). The van der Waals surface area contributed by atoms with E-state index in [0.717, 1.165) is 18.8 Å². The molecule has 1 aromatic rings. The Morgan fingerprint density at radius 2 is 2.19 bits per heavy atom. The van der Waals surface area contributed by atoms with Gasteiger partial charge in [-0.05, 0) is 44.2 Å². The Labute approximate surface area is 96.0 Å². The predicted molar refractivity (Wildman–Crippen MR) is 66.1 cm³/mol. The maximum Gasteiger partial charge on any atom is 0.148 e. The van der Waals surface area contributed by atoms with Crippen molar-refractivity contribution < 1.29 is 0 Å². The van der Waals surface area contributed by atoms with Gasteiger partial charge in [0, 0.05) is 6.54 Å². The zero-order valence-corrected chi connectivity index (χ0v) is 9.45. The number of nitrogens with two attached hydrogens (primary N) is 1. The van der Waals surface area contributed by atoms with Crippen molar-refractivity contribution in [1.29, 1.82) is 0 Å². The van der Waals surface area contributed by atoms with Crippen LogP contribution in [0.1, 0.15) is 32.1 Å².